The molecule has 0 N–H and O–H groups in total. The van der Waals surface area contributed by atoms with Crippen molar-refractivity contribution in [3.8, 4) is 17.1 Å². The third kappa shape index (κ3) is 2.25. The summed E-state index contributed by atoms with van der Waals surface area (Å²) in [7, 11) is 0. The summed E-state index contributed by atoms with van der Waals surface area (Å²) in [6.45, 7) is 1.98. The van der Waals surface area contributed by atoms with Crippen LogP contribution in [0.15, 0.2) is 54.9 Å². The summed E-state index contributed by atoms with van der Waals surface area (Å²) in [5.74, 6) is 0.811. The highest BCUT2D eigenvalue weighted by Gasteiger charge is 2.09. The Morgan fingerprint density at radius 1 is 1.05 bits per heavy atom. The molecule has 0 radical (unpaired) electrons. The van der Waals surface area contributed by atoms with Crippen molar-refractivity contribution >= 4 is 11.6 Å². The Balaban J connectivity index is 2.12. The number of rotatable bonds is 2. The second kappa shape index (κ2) is 4.86. The van der Waals surface area contributed by atoms with Gasteiger partial charge in [-0.2, -0.15) is 0 Å². The van der Waals surface area contributed by atoms with Gasteiger partial charge >= 0.3 is 0 Å². The Hall–Kier alpha value is -2.13. The van der Waals surface area contributed by atoms with E-state index in [-0.39, 0.29) is 0 Å². The fourth-order valence-electron chi connectivity index (χ4n) is 1.99. The highest BCUT2D eigenvalue weighted by Crippen LogP contribution is 2.24. The predicted molar refractivity (Wildman–Crippen MR) is 76.5 cm³/mol. The molecule has 94 valence electrons. The van der Waals surface area contributed by atoms with E-state index in [1.54, 1.807) is 6.33 Å². The molecule has 0 saturated heterocycles. The van der Waals surface area contributed by atoms with Crippen LogP contribution in [0.5, 0.6) is 0 Å². The number of aryl methyl sites for hydroxylation is 1. The number of hydrogen-bond donors (Lipinski definition) is 0. The predicted octanol–water partition coefficient (Wildman–Crippen LogP) is 3.90. The number of aromatic nitrogens is 3. The van der Waals surface area contributed by atoms with Crippen LogP contribution in [0.3, 0.4) is 0 Å². The Morgan fingerprint density at radius 3 is 2.58 bits per heavy atom. The van der Waals surface area contributed by atoms with Crippen LogP contribution >= 0.6 is 11.6 Å². The Morgan fingerprint density at radius 2 is 1.84 bits per heavy atom. The molecule has 1 aromatic heterocycles. The van der Waals surface area contributed by atoms with Crippen LogP contribution in [0.1, 0.15) is 5.56 Å². The standard InChI is InChI=1S/C15H12ClN3/c1-11-9-12(7-8-14(11)16)15-18-17-10-19(15)13-5-3-2-4-6-13/h2-10H,1H3. The van der Waals surface area contributed by atoms with Crippen LogP contribution in [0, 0.1) is 6.92 Å². The van der Waals surface area contributed by atoms with E-state index in [9.17, 15) is 0 Å². The molecule has 0 atom stereocenters. The van der Waals surface area contributed by atoms with Gasteiger partial charge in [-0.25, -0.2) is 0 Å². The molecule has 4 heteroatoms. The second-order valence-corrected chi connectivity index (χ2v) is 4.73. The zero-order valence-electron chi connectivity index (χ0n) is 10.4. The van der Waals surface area contributed by atoms with Gasteiger partial charge in [-0.15, -0.1) is 10.2 Å². The lowest BCUT2D eigenvalue weighted by atomic mass is 10.1. The average molecular weight is 270 g/mol. The third-order valence-corrected chi connectivity index (χ3v) is 3.42. The SMILES string of the molecule is Cc1cc(-c2nncn2-c2ccccc2)ccc1Cl. The minimum atomic E-state index is 0.759. The Bertz CT molecular complexity index is 704. The fourth-order valence-corrected chi connectivity index (χ4v) is 2.11. The summed E-state index contributed by atoms with van der Waals surface area (Å²) in [5.41, 5.74) is 3.07. The molecule has 3 rings (SSSR count). The van der Waals surface area contributed by atoms with Crippen LogP contribution in [0.2, 0.25) is 5.02 Å². The van der Waals surface area contributed by atoms with Crippen LogP contribution in [-0.2, 0) is 0 Å². The highest BCUT2D eigenvalue weighted by atomic mass is 35.5. The lowest BCUT2D eigenvalue weighted by Crippen LogP contribution is -1.96. The van der Waals surface area contributed by atoms with Gasteiger partial charge in [-0.1, -0.05) is 29.8 Å². The van der Waals surface area contributed by atoms with Crippen molar-refractivity contribution in [1.82, 2.24) is 14.8 Å². The minimum Gasteiger partial charge on any atom is -0.282 e. The maximum absolute atomic E-state index is 6.06. The van der Waals surface area contributed by atoms with E-state index in [4.69, 9.17) is 11.6 Å². The smallest absolute Gasteiger partial charge is 0.168 e. The fraction of sp³-hybridized carbons (Fsp3) is 0.0667. The maximum Gasteiger partial charge on any atom is 0.168 e. The molecular weight excluding hydrogens is 258 g/mol. The Labute approximate surface area is 116 Å². The Kier molecular flexibility index (Phi) is 3.05. The molecule has 0 aliphatic heterocycles. The molecule has 19 heavy (non-hydrogen) atoms. The van der Waals surface area contributed by atoms with Crippen molar-refractivity contribution in [3.63, 3.8) is 0 Å². The first-order chi connectivity index (χ1) is 9.25. The van der Waals surface area contributed by atoms with Gasteiger partial charge in [0, 0.05) is 16.3 Å². The largest absolute Gasteiger partial charge is 0.282 e. The summed E-state index contributed by atoms with van der Waals surface area (Å²) < 4.78 is 1.96. The summed E-state index contributed by atoms with van der Waals surface area (Å²) in [4.78, 5) is 0. The first-order valence-electron chi connectivity index (χ1n) is 5.97. The van der Waals surface area contributed by atoms with Gasteiger partial charge in [0.1, 0.15) is 6.33 Å². The topological polar surface area (TPSA) is 30.7 Å². The van der Waals surface area contributed by atoms with Gasteiger partial charge < -0.3 is 0 Å². The van der Waals surface area contributed by atoms with Crippen LogP contribution in [-0.4, -0.2) is 14.8 Å². The second-order valence-electron chi connectivity index (χ2n) is 4.32. The molecule has 0 bridgehead atoms. The van der Waals surface area contributed by atoms with E-state index in [1.165, 1.54) is 0 Å². The zero-order valence-corrected chi connectivity index (χ0v) is 11.2. The number of benzene rings is 2. The lowest BCUT2D eigenvalue weighted by Gasteiger charge is -2.07. The van der Waals surface area contributed by atoms with Crippen LogP contribution in [0.25, 0.3) is 17.1 Å². The minimum absolute atomic E-state index is 0.759. The molecule has 0 amide bonds. The molecule has 0 unspecified atom stereocenters. The highest BCUT2D eigenvalue weighted by molar-refractivity contribution is 6.31. The van der Waals surface area contributed by atoms with E-state index in [0.29, 0.717) is 0 Å². The molecule has 0 spiro atoms. The first kappa shape index (κ1) is 11.9. The van der Waals surface area contributed by atoms with Gasteiger partial charge in [0.15, 0.2) is 5.82 Å². The quantitative estimate of drug-likeness (QED) is 0.706. The van der Waals surface area contributed by atoms with Gasteiger partial charge in [0.25, 0.3) is 0 Å². The molecule has 0 saturated carbocycles. The molecule has 0 fully saturated rings. The van der Waals surface area contributed by atoms with Crippen LogP contribution in [0.4, 0.5) is 0 Å². The van der Waals surface area contributed by atoms with Crippen molar-refractivity contribution in [3.05, 3.63) is 65.4 Å². The number of para-hydroxylation sites is 1. The molecule has 0 aliphatic rings. The molecule has 3 aromatic rings. The zero-order chi connectivity index (χ0) is 13.2. The number of nitrogens with zero attached hydrogens (tertiary/aromatic N) is 3. The van der Waals surface area contributed by atoms with E-state index in [1.807, 2.05) is 60.0 Å². The summed E-state index contributed by atoms with van der Waals surface area (Å²) in [6, 6.07) is 15.9. The van der Waals surface area contributed by atoms with E-state index >= 15 is 0 Å². The normalized spacial score (nSPS) is 10.6. The summed E-state index contributed by atoms with van der Waals surface area (Å²) in [5, 5.41) is 8.97. The van der Waals surface area contributed by atoms with Crippen molar-refractivity contribution < 1.29 is 0 Å². The monoisotopic (exact) mass is 269 g/mol. The van der Waals surface area contributed by atoms with Crippen molar-refractivity contribution in [2.24, 2.45) is 0 Å². The number of halogens is 1. The molecule has 1 heterocycles. The first-order valence-corrected chi connectivity index (χ1v) is 6.35. The van der Waals surface area contributed by atoms with E-state index in [2.05, 4.69) is 10.2 Å². The van der Waals surface area contributed by atoms with Gasteiger partial charge in [-0.3, -0.25) is 4.57 Å². The average Bonchev–Trinajstić information content (AvgIpc) is 2.92. The van der Waals surface area contributed by atoms with Gasteiger partial charge in [-0.05, 0) is 42.8 Å². The van der Waals surface area contributed by atoms with Crippen LogP contribution < -0.4 is 0 Å². The number of hydrogen-bond acceptors (Lipinski definition) is 2. The molecule has 3 nitrogen and oxygen atoms in total. The summed E-state index contributed by atoms with van der Waals surface area (Å²) in [6.07, 6.45) is 1.72. The third-order valence-electron chi connectivity index (χ3n) is 3.00. The molecule has 2 aromatic carbocycles. The van der Waals surface area contributed by atoms with Gasteiger partial charge in [0.2, 0.25) is 0 Å². The molecule has 0 aliphatic carbocycles. The maximum atomic E-state index is 6.06. The van der Waals surface area contributed by atoms with Gasteiger partial charge in [0.05, 0.1) is 0 Å². The van der Waals surface area contributed by atoms with E-state index < -0.39 is 0 Å². The van der Waals surface area contributed by atoms with E-state index in [0.717, 1.165) is 27.7 Å². The molecular formula is C15H12ClN3. The summed E-state index contributed by atoms with van der Waals surface area (Å²) >= 11 is 6.06. The van der Waals surface area contributed by atoms with Crippen molar-refractivity contribution in [2.45, 2.75) is 6.92 Å². The van der Waals surface area contributed by atoms with Crippen molar-refractivity contribution in [2.75, 3.05) is 0 Å². The van der Waals surface area contributed by atoms with Crippen molar-refractivity contribution in [1.29, 1.82) is 0 Å². The lowest BCUT2D eigenvalue weighted by molar-refractivity contribution is 1.06.